The molecular weight excluding hydrogens is 200 g/mol. The van der Waals surface area contributed by atoms with Gasteiger partial charge < -0.3 is 4.74 Å². The Hall–Kier alpha value is -2.09. The molecule has 0 aliphatic carbocycles. The van der Waals surface area contributed by atoms with Gasteiger partial charge in [-0.3, -0.25) is 4.79 Å². The van der Waals surface area contributed by atoms with Gasteiger partial charge in [-0.05, 0) is 23.3 Å². The van der Waals surface area contributed by atoms with E-state index in [0.29, 0.717) is 5.56 Å². The number of carbonyl (C=O) groups is 1. The third-order valence-electron chi connectivity index (χ3n) is 2.80. The summed E-state index contributed by atoms with van der Waals surface area (Å²) in [6.07, 6.45) is 1.70. The third-order valence-corrected chi connectivity index (χ3v) is 2.80. The van der Waals surface area contributed by atoms with Crippen LogP contribution in [0.3, 0.4) is 0 Å². The fraction of sp³-hybridized carbons (Fsp3) is 0.0714. The number of benzene rings is 2. The first kappa shape index (κ1) is 9.16. The van der Waals surface area contributed by atoms with Crippen molar-refractivity contribution >= 4 is 6.29 Å². The number of ether oxygens (including phenoxy) is 1. The number of hydrogen-bond acceptors (Lipinski definition) is 2. The third kappa shape index (κ3) is 1.39. The Balaban J connectivity index is 2.08. The molecule has 0 amide bonds. The second-order valence-corrected chi connectivity index (χ2v) is 3.87. The second kappa shape index (κ2) is 3.49. The molecule has 0 aromatic heterocycles. The lowest BCUT2D eigenvalue weighted by molar-refractivity contribution is 0.112. The van der Waals surface area contributed by atoms with E-state index in [1.807, 2.05) is 30.3 Å². The zero-order chi connectivity index (χ0) is 11.0. The zero-order valence-electron chi connectivity index (χ0n) is 8.64. The summed E-state index contributed by atoms with van der Waals surface area (Å²) >= 11 is 0. The Labute approximate surface area is 93.5 Å². The molecule has 0 unspecified atom stereocenters. The van der Waals surface area contributed by atoms with E-state index in [4.69, 9.17) is 4.74 Å². The highest BCUT2D eigenvalue weighted by atomic mass is 16.5. The number of para-hydroxylation sites is 1. The van der Waals surface area contributed by atoms with Crippen LogP contribution in [0.4, 0.5) is 0 Å². The van der Waals surface area contributed by atoms with Gasteiger partial charge in [0.2, 0.25) is 0 Å². The molecule has 1 aliphatic heterocycles. The van der Waals surface area contributed by atoms with Crippen LogP contribution in [0.1, 0.15) is 21.5 Å². The van der Waals surface area contributed by atoms with Crippen molar-refractivity contribution < 1.29 is 9.53 Å². The predicted molar refractivity (Wildman–Crippen MR) is 61.2 cm³/mol. The van der Waals surface area contributed by atoms with Gasteiger partial charge in [-0.1, -0.05) is 30.3 Å². The number of rotatable bonds is 1. The van der Waals surface area contributed by atoms with E-state index in [1.165, 1.54) is 5.56 Å². The van der Waals surface area contributed by atoms with Crippen molar-refractivity contribution in [2.24, 2.45) is 0 Å². The van der Waals surface area contributed by atoms with Crippen molar-refractivity contribution in [3.63, 3.8) is 0 Å². The fourth-order valence-corrected chi connectivity index (χ4v) is 1.96. The molecule has 2 heteroatoms. The minimum absolute atomic E-state index is 0.651. The summed E-state index contributed by atoms with van der Waals surface area (Å²) < 4.78 is 5.76. The molecule has 0 fully saturated rings. The van der Waals surface area contributed by atoms with Crippen LogP contribution in [0, 0.1) is 0 Å². The molecule has 1 aliphatic rings. The first-order valence-electron chi connectivity index (χ1n) is 5.21. The molecule has 78 valence electrons. The Bertz CT molecular complexity index is 558. The molecule has 0 bridgehead atoms. The first-order chi connectivity index (χ1) is 7.86. The molecule has 0 spiro atoms. The SMILES string of the molecule is O=Cc1ccc2c(c1)Oc1ccccc1C2. The maximum absolute atomic E-state index is 10.7. The van der Waals surface area contributed by atoms with Crippen molar-refractivity contribution in [1.82, 2.24) is 0 Å². The Morgan fingerprint density at radius 2 is 1.81 bits per heavy atom. The molecule has 2 aromatic rings. The minimum atomic E-state index is 0.651. The maximum Gasteiger partial charge on any atom is 0.150 e. The van der Waals surface area contributed by atoms with Gasteiger partial charge in [-0.25, -0.2) is 0 Å². The molecule has 0 saturated heterocycles. The molecule has 2 aromatic carbocycles. The van der Waals surface area contributed by atoms with Crippen LogP contribution in [-0.4, -0.2) is 6.29 Å². The van der Waals surface area contributed by atoms with Crippen molar-refractivity contribution in [3.05, 3.63) is 59.2 Å². The van der Waals surface area contributed by atoms with Gasteiger partial charge in [0.25, 0.3) is 0 Å². The summed E-state index contributed by atoms with van der Waals surface area (Å²) in [4.78, 5) is 10.7. The van der Waals surface area contributed by atoms with Crippen molar-refractivity contribution in [1.29, 1.82) is 0 Å². The van der Waals surface area contributed by atoms with Crippen LogP contribution in [0.25, 0.3) is 0 Å². The van der Waals surface area contributed by atoms with Gasteiger partial charge >= 0.3 is 0 Å². The van der Waals surface area contributed by atoms with E-state index in [2.05, 4.69) is 6.07 Å². The van der Waals surface area contributed by atoms with Gasteiger partial charge in [-0.15, -0.1) is 0 Å². The maximum atomic E-state index is 10.7. The Morgan fingerprint density at radius 1 is 1.00 bits per heavy atom. The Morgan fingerprint density at radius 3 is 2.69 bits per heavy atom. The van der Waals surface area contributed by atoms with Gasteiger partial charge in [0.05, 0.1) is 0 Å². The highest BCUT2D eigenvalue weighted by Gasteiger charge is 2.16. The lowest BCUT2D eigenvalue weighted by atomic mass is 9.99. The van der Waals surface area contributed by atoms with Crippen LogP contribution in [0.15, 0.2) is 42.5 Å². The topological polar surface area (TPSA) is 26.3 Å². The van der Waals surface area contributed by atoms with E-state index < -0.39 is 0 Å². The highest BCUT2D eigenvalue weighted by molar-refractivity contribution is 5.76. The van der Waals surface area contributed by atoms with Gasteiger partial charge in [0.1, 0.15) is 17.8 Å². The summed E-state index contributed by atoms with van der Waals surface area (Å²) in [7, 11) is 0. The van der Waals surface area contributed by atoms with Crippen molar-refractivity contribution in [2.75, 3.05) is 0 Å². The normalized spacial score (nSPS) is 12.2. The highest BCUT2D eigenvalue weighted by Crippen LogP contribution is 2.36. The number of aldehydes is 1. The lowest BCUT2D eigenvalue weighted by Gasteiger charge is -2.20. The second-order valence-electron chi connectivity index (χ2n) is 3.87. The first-order valence-corrected chi connectivity index (χ1v) is 5.21. The largest absolute Gasteiger partial charge is 0.457 e. The van der Waals surface area contributed by atoms with Crippen LogP contribution in [-0.2, 0) is 6.42 Å². The summed E-state index contributed by atoms with van der Waals surface area (Å²) in [6.45, 7) is 0. The van der Waals surface area contributed by atoms with Crippen LogP contribution >= 0.6 is 0 Å². The summed E-state index contributed by atoms with van der Waals surface area (Å²) in [6, 6.07) is 13.5. The number of fused-ring (bicyclic) bond motifs is 2. The molecule has 0 N–H and O–H groups in total. The summed E-state index contributed by atoms with van der Waals surface area (Å²) in [5.41, 5.74) is 2.97. The molecule has 1 heterocycles. The Kier molecular flexibility index (Phi) is 2.00. The lowest BCUT2D eigenvalue weighted by Crippen LogP contribution is -2.03. The molecular formula is C14H10O2. The fourth-order valence-electron chi connectivity index (χ4n) is 1.96. The quantitative estimate of drug-likeness (QED) is 0.576. The average molecular weight is 210 g/mol. The molecule has 0 radical (unpaired) electrons. The average Bonchev–Trinajstić information content (AvgIpc) is 2.35. The van der Waals surface area contributed by atoms with Gasteiger partial charge in [-0.2, -0.15) is 0 Å². The van der Waals surface area contributed by atoms with E-state index in [9.17, 15) is 4.79 Å². The number of carbonyl (C=O) groups excluding carboxylic acids is 1. The molecule has 0 atom stereocenters. The van der Waals surface area contributed by atoms with Gasteiger partial charge in [0.15, 0.2) is 0 Å². The van der Waals surface area contributed by atoms with Gasteiger partial charge in [0, 0.05) is 12.0 Å². The van der Waals surface area contributed by atoms with E-state index in [-0.39, 0.29) is 0 Å². The van der Waals surface area contributed by atoms with Crippen LogP contribution < -0.4 is 4.74 Å². The monoisotopic (exact) mass is 210 g/mol. The summed E-state index contributed by atoms with van der Waals surface area (Å²) in [5, 5.41) is 0. The minimum Gasteiger partial charge on any atom is -0.457 e. The summed E-state index contributed by atoms with van der Waals surface area (Å²) in [5.74, 6) is 1.68. The number of hydrogen-bond donors (Lipinski definition) is 0. The van der Waals surface area contributed by atoms with E-state index in [1.54, 1.807) is 6.07 Å². The predicted octanol–water partition coefficient (Wildman–Crippen LogP) is 3.20. The molecule has 0 saturated carbocycles. The van der Waals surface area contributed by atoms with Crippen molar-refractivity contribution in [3.8, 4) is 11.5 Å². The molecule has 16 heavy (non-hydrogen) atoms. The molecule has 3 rings (SSSR count). The standard InChI is InChI=1S/C14H10O2/c15-9-10-5-6-12-8-11-3-1-2-4-13(11)16-14(12)7-10/h1-7,9H,8H2. The van der Waals surface area contributed by atoms with E-state index in [0.717, 1.165) is 29.8 Å². The van der Waals surface area contributed by atoms with Crippen LogP contribution in [0.2, 0.25) is 0 Å². The van der Waals surface area contributed by atoms with Crippen molar-refractivity contribution in [2.45, 2.75) is 6.42 Å². The zero-order valence-corrected chi connectivity index (χ0v) is 8.64. The van der Waals surface area contributed by atoms with E-state index >= 15 is 0 Å². The molecule has 2 nitrogen and oxygen atoms in total. The smallest absolute Gasteiger partial charge is 0.150 e. The van der Waals surface area contributed by atoms with Crippen LogP contribution in [0.5, 0.6) is 11.5 Å².